The van der Waals surface area contributed by atoms with Gasteiger partial charge in [0.2, 0.25) is 5.91 Å². The summed E-state index contributed by atoms with van der Waals surface area (Å²) >= 11 is 0. The molecule has 1 spiro atoms. The summed E-state index contributed by atoms with van der Waals surface area (Å²) in [5.74, 6) is -1.65. The van der Waals surface area contributed by atoms with Crippen molar-refractivity contribution >= 4 is 23.5 Å². The molecule has 1 aromatic carbocycles. The Kier molecular flexibility index (Phi) is 9.59. The maximum atomic E-state index is 14.0. The van der Waals surface area contributed by atoms with Crippen molar-refractivity contribution in [1.82, 2.24) is 4.90 Å². The number of hydrogen-bond acceptors (Lipinski definition) is 12. The summed E-state index contributed by atoms with van der Waals surface area (Å²) in [6.45, 7) is 3.46. The molecule has 282 valence electrons. The number of anilines is 1. The van der Waals surface area contributed by atoms with Gasteiger partial charge in [-0.1, -0.05) is 19.1 Å². The van der Waals surface area contributed by atoms with E-state index in [1.807, 2.05) is 0 Å². The SMILES string of the molecule is CCN1C[C@]2(COC(=O)c3ccccc3NC(=O)CCC(=O)OC)CC[C@H](OC)[C@@]34[C@@H]5C[C@H]6[C@H](OC)[C@@H]5[C@](OC)(C[C@@H]6OC)[C@@](O)([C@@H](OC)[C@H]23)[C@@H]14. The maximum Gasteiger partial charge on any atom is 0.340 e. The molecule has 0 radical (unpaired) electrons. The minimum absolute atomic E-state index is 0.0542. The van der Waals surface area contributed by atoms with E-state index in [2.05, 4.69) is 21.9 Å². The Morgan fingerprint density at radius 2 is 1.76 bits per heavy atom. The summed E-state index contributed by atoms with van der Waals surface area (Å²) < 4.78 is 43.2. The summed E-state index contributed by atoms with van der Waals surface area (Å²) in [5.41, 5.74) is -3.11. The number of fused-ring (bicyclic) bond motifs is 2. The molecule has 0 unspecified atom stereocenters. The minimum Gasteiger partial charge on any atom is -0.469 e. The number of amides is 1. The van der Waals surface area contributed by atoms with Gasteiger partial charge in [-0.15, -0.1) is 0 Å². The lowest BCUT2D eigenvalue weighted by molar-refractivity contribution is -0.326. The highest BCUT2D eigenvalue weighted by atomic mass is 16.6. The van der Waals surface area contributed by atoms with E-state index in [1.165, 1.54) is 7.11 Å². The molecule has 1 amide bonds. The van der Waals surface area contributed by atoms with Gasteiger partial charge >= 0.3 is 11.9 Å². The van der Waals surface area contributed by atoms with Crippen LogP contribution in [0.4, 0.5) is 5.69 Å². The molecule has 7 bridgehead atoms. The minimum atomic E-state index is -1.46. The van der Waals surface area contributed by atoms with Gasteiger partial charge in [-0.3, -0.25) is 14.5 Å². The van der Waals surface area contributed by atoms with Gasteiger partial charge in [0, 0.05) is 83.5 Å². The van der Waals surface area contributed by atoms with Crippen molar-refractivity contribution in [2.24, 2.45) is 34.5 Å². The molecule has 7 rings (SSSR count). The van der Waals surface area contributed by atoms with E-state index in [1.54, 1.807) is 59.8 Å². The molecule has 13 heteroatoms. The number of esters is 2. The van der Waals surface area contributed by atoms with Crippen molar-refractivity contribution in [3.05, 3.63) is 29.8 Å². The van der Waals surface area contributed by atoms with Crippen LogP contribution in [0.2, 0.25) is 0 Å². The molecule has 1 aliphatic heterocycles. The van der Waals surface area contributed by atoms with Gasteiger partial charge in [-0.25, -0.2) is 4.79 Å². The van der Waals surface area contributed by atoms with E-state index < -0.39 is 46.0 Å². The number of likely N-dealkylation sites (N-methyl/N-ethyl adjacent to an activating group) is 1. The summed E-state index contributed by atoms with van der Waals surface area (Å²) in [5, 5.41) is 16.5. The number of aliphatic hydroxyl groups is 1. The zero-order valence-corrected chi connectivity index (χ0v) is 30.8. The monoisotopic (exact) mass is 714 g/mol. The lowest BCUT2D eigenvalue weighted by Crippen LogP contribution is -2.82. The molecule has 13 atom stereocenters. The first kappa shape index (κ1) is 36.7. The van der Waals surface area contributed by atoms with Crippen LogP contribution in [0, 0.1) is 34.5 Å². The Bertz CT molecular complexity index is 1530. The highest BCUT2D eigenvalue weighted by Gasteiger charge is 2.92. The number of benzene rings is 1. The van der Waals surface area contributed by atoms with Gasteiger partial charge in [0.1, 0.15) is 11.2 Å². The van der Waals surface area contributed by atoms with Crippen molar-refractivity contribution in [2.45, 2.75) is 87.1 Å². The molecule has 5 saturated carbocycles. The van der Waals surface area contributed by atoms with Crippen LogP contribution >= 0.6 is 0 Å². The number of piperidine rings is 1. The van der Waals surface area contributed by atoms with Gasteiger partial charge in [0.25, 0.3) is 0 Å². The fourth-order valence-corrected chi connectivity index (χ4v) is 12.9. The quantitative estimate of drug-likeness (QED) is 0.289. The van der Waals surface area contributed by atoms with E-state index in [0.717, 1.165) is 12.8 Å². The van der Waals surface area contributed by atoms with Crippen molar-refractivity contribution in [3.63, 3.8) is 0 Å². The number of rotatable bonds is 13. The molecule has 13 nitrogen and oxygen atoms in total. The number of methoxy groups -OCH3 is 6. The number of nitrogens with zero attached hydrogens (tertiary/aromatic N) is 1. The standard InChI is InChI=1S/C38H54N2O11/c1-8-40-19-35(20-51-33(43)21-11-9-10-12-24(21)39-27(41)13-14-28(42)47-4)16-15-26(46-3)37-23-17-22-25(45-2)18-36(50-7,29(23)30(22)48-5)38(44,34(37)40)32(49-6)31(35)37/h9-12,22-23,25-26,29-32,34,44H,8,13-20H2,1-7H3,(H,39,41)/t22-,23-,25+,26+,29-,30+,31-,32+,34+,35+,36-,37+,38-/m1/s1. The van der Waals surface area contributed by atoms with Crippen LogP contribution in [0.5, 0.6) is 0 Å². The summed E-state index contributed by atoms with van der Waals surface area (Å²) in [7, 11) is 9.92. The molecule has 51 heavy (non-hydrogen) atoms. The number of carbonyl (C=O) groups excluding carboxylic acids is 3. The van der Waals surface area contributed by atoms with Crippen molar-refractivity contribution in [1.29, 1.82) is 0 Å². The van der Waals surface area contributed by atoms with Gasteiger partial charge in [-0.2, -0.15) is 0 Å². The van der Waals surface area contributed by atoms with E-state index in [-0.39, 0.29) is 73.0 Å². The van der Waals surface area contributed by atoms with Crippen LogP contribution in [0.1, 0.15) is 55.8 Å². The molecule has 0 aromatic heterocycles. The normalized spacial score (nSPS) is 43.1. The fourth-order valence-electron chi connectivity index (χ4n) is 12.9. The summed E-state index contributed by atoms with van der Waals surface area (Å²) in [6, 6.07) is 6.37. The Balaban J connectivity index is 1.29. The first-order valence-electron chi connectivity index (χ1n) is 18.3. The first-order valence-corrected chi connectivity index (χ1v) is 18.3. The van der Waals surface area contributed by atoms with Crippen molar-refractivity contribution in [3.8, 4) is 0 Å². The fraction of sp³-hybridized carbons (Fsp3) is 0.763. The molecule has 2 N–H and O–H groups in total. The maximum absolute atomic E-state index is 14.0. The van der Waals surface area contributed by atoms with E-state index in [0.29, 0.717) is 31.6 Å². The Hall–Kier alpha value is -2.65. The molecular formula is C38H54N2O11. The lowest BCUT2D eigenvalue weighted by Gasteiger charge is -2.70. The molecule has 1 aromatic rings. The van der Waals surface area contributed by atoms with Crippen LogP contribution < -0.4 is 5.32 Å². The van der Waals surface area contributed by atoms with Gasteiger partial charge in [-0.05, 0) is 43.9 Å². The van der Waals surface area contributed by atoms with E-state index in [4.69, 9.17) is 28.4 Å². The first-order chi connectivity index (χ1) is 24.5. The largest absolute Gasteiger partial charge is 0.469 e. The smallest absolute Gasteiger partial charge is 0.340 e. The van der Waals surface area contributed by atoms with Gasteiger partial charge in [0.05, 0.1) is 61.8 Å². The average molecular weight is 715 g/mol. The third-order valence-corrected chi connectivity index (χ3v) is 14.3. The second-order valence-electron chi connectivity index (χ2n) is 15.6. The number of nitrogens with one attached hydrogen (secondary N) is 1. The van der Waals surface area contributed by atoms with Crippen LogP contribution in [0.3, 0.4) is 0 Å². The number of hydrogen-bond donors (Lipinski definition) is 2. The Labute approximate surface area is 299 Å². The second kappa shape index (κ2) is 13.3. The Morgan fingerprint density at radius 3 is 2.41 bits per heavy atom. The van der Waals surface area contributed by atoms with Crippen molar-refractivity contribution in [2.75, 3.05) is 67.7 Å². The van der Waals surface area contributed by atoms with Crippen LogP contribution in [-0.4, -0.2) is 132 Å². The average Bonchev–Trinajstić information content (AvgIpc) is 3.55. The topological polar surface area (TPSA) is 151 Å². The predicted molar refractivity (Wildman–Crippen MR) is 183 cm³/mol. The molecule has 6 aliphatic rings. The predicted octanol–water partition coefficient (Wildman–Crippen LogP) is 2.68. The Morgan fingerprint density at radius 1 is 1.00 bits per heavy atom. The van der Waals surface area contributed by atoms with Crippen LogP contribution in [-0.2, 0) is 42.7 Å². The molecular weight excluding hydrogens is 660 g/mol. The number of para-hydroxylation sites is 1. The summed E-state index contributed by atoms with van der Waals surface area (Å²) in [6.07, 6.45) is 1.43. The lowest BCUT2D eigenvalue weighted by atomic mass is 9.42. The van der Waals surface area contributed by atoms with Gasteiger partial charge < -0.3 is 43.6 Å². The summed E-state index contributed by atoms with van der Waals surface area (Å²) in [4.78, 5) is 40.7. The number of carbonyl (C=O) groups is 3. The van der Waals surface area contributed by atoms with E-state index >= 15 is 0 Å². The van der Waals surface area contributed by atoms with Crippen LogP contribution in [0.15, 0.2) is 24.3 Å². The zero-order valence-electron chi connectivity index (χ0n) is 30.8. The third kappa shape index (κ3) is 4.74. The van der Waals surface area contributed by atoms with Crippen LogP contribution in [0.25, 0.3) is 0 Å². The molecule has 1 saturated heterocycles. The highest BCUT2D eigenvalue weighted by molar-refractivity contribution is 6.01. The number of ether oxygens (including phenoxy) is 7. The third-order valence-electron chi connectivity index (χ3n) is 14.3. The van der Waals surface area contributed by atoms with Gasteiger partial charge in [0.15, 0.2) is 0 Å². The molecule has 6 fully saturated rings. The van der Waals surface area contributed by atoms with E-state index in [9.17, 15) is 19.5 Å². The highest BCUT2D eigenvalue weighted by Crippen LogP contribution is 2.81. The molecule has 1 heterocycles. The zero-order chi connectivity index (χ0) is 36.5. The second-order valence-corrected chi connectivity index (χ2v) is 15.6. The number of likely N-dealkylation sites (tertiary alicyclic amines) is 1. The molecule has 5 aliphatic carbocycles. The van der Waals surface area contributed by atoms with Crippen molar-refractivity contribution < 1.29 is 52.6 Å².